The van der Waals surface area contributed by atoms with Crippen LogP contribution in [0.5, 0.6) is 11.5 Å². The van der Waals surface area contributed by atoms with Gasteiger partial charge in [-0.2, -0.15) is 5.10 Å². The number of aromatic hydroxyl groups is 1. The van der Waals surface area contributed by atoms with Crippen molar-refractivity contribution in [3.63, 3.8) is 0 Å². The zero-order valence-corrected chi connectivity index (χ0v) is 23.0. The van der Waals surface area contributed by atoms with Crippen LogP contribution in [0, 0.1) is 3.57 Å². The Morgan fingerprint density at radius 2 is 1.62 bits per heavy atom. The van der Waals surface area contributed by atoms with Crippen LogP contribution in [0.15, 0.2) is 17.2 Å². The number of hydrogen-bond donors (Lipinski definition) is 2. The molecule has 0 radical (unpaired) electrons. The zero-order chi connectivity index (χ0) is 25.6. The minimum Gasteiger partial charge on any atom is -0.504 e. The predicted octanol–water partition coefficient (Wildman–Crippen LogP) is 3.70. The van der Waals surface area contributed by atoms with Gasteiger partial charge in [-0.05, 0) is 66.0 Å². The molecule has 0 aromatic heterocycles. The third-order valence-electron chi connectivity index (χ3n) is 8.03. The van der Waals surface area contributed by atoms with E-state index in [-0.39, 0.29) is 5.75 Å². The molecule has 202 valence electrons. The summed E-state index contributed by atoms with van der Waals surface area (Å²) in [7, 11) is 1.48. The van der Waals surface area contributed by atoms with Gasteiger partial charge in [0.05, 0.1) is 16.9 Å². The summed E-state index contributed by atoms with van der Waals surface area (Å²) in [4.78, 5) is 13.4. The molecule has 6 rings (SSSR count). The number of phenolic OH excluding ortho intramolecular Hbond substituents is 1. The van der Waals surface area contributed by atoms with Crippen LogP contribution in [0.4, 0.5) is 0 Å². The van der Waals surface area contributed by atoms with Crippen molar-refractivity contribution in [1.29, 1.82) is 0 Å². The molecule has 5 aliphatic rings. The maximum absolute atomic E-state index is 13.4. The fourth-order valence-corrected chi connectivity index (χ4v) is 6.85. The molecule has 0 unspecified atom stereocenters. The molecule has 2 spiro atoms. The average Bonchev–Trinajstić information content (AvgIpc) is 3.44. The Morgan fingerprint density at radius 1 is 1.00 bits per heavy atom. The molecule has 37 heavy (non-hydrogen) atoms. The summed E-state index contributed by atoms with van der Waals surface area (Å²) < 4.78 is 38.0. The quantitative estimate of drug-likeness (QED) is 0.295. The number of nitrogens with one attached hydrogen (secondary N) is 1. The Labute approximate surface area is 229 Å². The van der Waals surface area contributed by atoms with Crippen molar-refractivity contribution in [1.82, 2.24) is 5.43 Å². The number of fused-ring (bicyclic) bond motifs is 3. The molecule has 2 aliphatic carbocycles. The number of nitrogens with zero attached hydrogens (tertiary/aromatic N) is 1. The van der Waals surface area contributed by atoms with Gasteiger partial charge < -0.3 is 33.5 Å². The van der Waals surface area contributed by atoms with E-state index >= 15 is 0 Å². The molecule has 11 heteroatoms. The Balaban J connectivity index is 1.21. The van der Waals surface area contributed by atoms with Gasteiger partial charge in [0.2, 0.25) is 0 Å². The molecule has 2 N–H and O–H groups in total. The topological polar surface area (TPSA) is 117 Å². The summed E-state index contributed by atoms with van der Waals surface area (Å²) >= 11 is 2.01. The van der Waals surface area contributed by atoms with Crippen molar-refractivity contribution in [3.8, 4) is 11.5 Å². The van der Waals surface area contributed by atoms with Crippen molar-refractivity contribution < 1.29 is 38.3 Å². The van der Waals surface area contributed by atoms with Crippen molar-refractivity contribution in [3.05, 3.63) is 21.3 Å². The summed E-state index contributed by atoms with van der Waals surface area (Å²) in [5.41, 5.74) is 3.26. The second-order valence-electron chi connectivity index (χ2n) is 10.5. The highest BCUT2D eigenvalue weighted by Gasteiger charge is 2.65. The Bertz CT molecular complexity index is 1060. The summed E-state index contributed by atoms with van der Waals surface area (Å²) in [5.74, 6) is -1.44. The minimum atomic E-state index is -0.957. The number of ether oxygens (including phenoxy) is 6. The Morgan fingerprint density at radius 3 is 2.30 bits per heavy atom. The number of phenols is 1. The smallest absolute Gasteiger partial charge is 0.272 e. The summed E-state index contributed by atoms with van der Waals surface area (Å²) in [6.45, 7) is 0. The number of benzene rings is 1. The standard InChI is InChI=1S/C26H33IN2O8/c1-32-17-13-15(12-16(27)18(17)30)14-28-29-23(31)21-19-20(35-25(34-19)8-4-2-5-9-25)22-24(33-21)37-26(36-22)10-6-3-7-11-26/h12-14,19-22,24,30H,2-11H2,1H3,(H,29,31)/b28-14+/t19-,20-,21-,22-,24-/m1/s1. The predicted molar refractivity (Wildman–Crippen MR) is 139 cm³/mol. The molecule has 3 saturated heterocycles. The number of carbonyl (C=O) groups excluding carboxylic acids is 1. The second kappa shape index (κ2) is 10.2. The highest BCUT2D eigenvalue weighted by molar-refractivity contribution is 14.1. The molecular weight excluding hydrogens is 595 g/mol. The largest absolute Gasteiger partial charge is 0.504 e. The first kappa shape index (κ1) is 25.8. The van der Waals surface area contributed by atoms with E-state index in [1.54, 1.807) is 12.1 Å². The van der Waals surface area contributed by atoms with E-state index in [0.717, 1.165) is 64.2 Å². The van der Waals surface area contributed by atoms with Gasteiger partial charge in [0, 0.05) is 25.7 Å². The van der Waals surface area contributed by atoms with Crippen LogP contribution in [0.25, 0.3) is 0 Å². The fourth-order valence-electron chi connectivity index (χ4n) is 6.23. The molecule has 1 amide bonds. The number of amides is 1. The lowest BCUT2D eigenvalue weighted by molar-refractivity contribution is -0.247. The van der Waals surface area contributed by atoms with Crippen molar-refractivity contribution in [2.45, 2.75) is 106 Å². The molecule has 5 atom stereocenters. The maximum Gasteiger partial charge on any atom is 0.272 e. The van der Waals surface area contributed by atoms with Crippen LogP contribution in [-0.2, 0) is 28.5 Å². The minimum absolute atomic E-state index is 0.0602. The van der Waals surface area contributed by atoms with Gasteiger partial charge in [-0.3, -0.25) is 4.79 Å². The highest BCUT2D eigenvalue weighted by atomic mass is 127. The van der Waals surface area contributed by atoms with Gasteiger partial charge in [0.1, 0.15) is 18.3 Å². The number of halogens is 1. The molecule has 1 aromatic carbocycles. The van der Waals surface area contributed by atoms with Gasteiger partial charge in [-0.25, -0.2) is 5.43 Å². The lowest BCUT2D eigenvalue weighted by Crippen LogP contribution is -2.59. The van der Waals surface area contributed by atoms with Crippen LogP contribution < -0.4 is 10.2 Å². The van der Waals surface area contributed by atoms with E-state index in [4.69, 9.17) is 28.4 Å². The van der Waals surface area contributed by atoms with Crippen LogP contribution >= 0.6 is 22.6 Å². The van der Waals surface area contributed by atoms with Crippen LogP contribution in [0.3, 0.4) is 0 Å². The van der Waals surface area contributed by atoms with Crippen molar-refractivity contribution in [2.24, 2.45) is 5.10 Å². The van der Waals surface area contributed by atoms with Gasteiger partial charge >= 0.3 is 0 Å². The second-order valence-corrected chi connectivity index (χ2v) is 11.7. The monoisotopic (exact) mass is 628 g/mol. The Hall–Kier alpha value is -1.51. The van der Waals surface area contributed by atoms with Crippen LogP contribution in [0.2, 0.25) is 0 Å². The summed E-state index contributed by atoms with van der Waals surface area (Å²) in [6, 6.07) is 3.37. The SMILES string of the molecule is COc1cc(/C=N/NC(=O)[C@@H]2O[C@@H]3OC4(CCCCC4)O[C@@H]3[C@@H]3OC4(CCCCC4)O[C@H]32)cc(I)c1O. The van der Waals surface area contributed by atoms with Gasteiger partial charge in [-0.15, -0.1) is 0 Å². The molecule has 3 heterocycles. The van der Waals surface area contributed by atoms with Gasteiger partial charge in [0.25, 0.3) is 5.91 Å². The van der Waals surface area contributed by atoms with E-state index in [1.165, 1.54) is 13.3 Å². The molecule has 1 aromatic rings. The average molecular weight is 628 g/mol. The van der Waals surface area contributed by atoms with E-state index < -0.39 is 48.2 Å². The lowest BCUT2D eigenvalue weighted by atomic mass is 9.94. The number of hydrogen-bond acceptors (Lipinski definition) is 9. The molecule has 2 saturated carbocycles. The molecule has 10 nitrogen and oxygen atoms in total. The maximum atomic E-state index is 13.4. The van der Waals surface area contributed by atoms with E-state index in [1.807, 2.05) is 22.6 Å². The Kier molecular flexibility index (Phi) is 7.12. The van der Waals surface area contributed by atoms with Gasteiger partial charge in [-0.1, -0.05) is 12.8 Å². The third-order valence-corrected chi connectivity index (χ3v) is 8.85. The number of rotatable bonds is 4. The molecule has 3 aliphatic heterocycles. The summed E-state index contributed by atoms with van der Waals surface area (Å²) in [6.07, 6.45) is 7.93. The van der Waals surface area contributed by atoms with Crippen molar-refractivity contribution in [2.75, 3.05) is 7.11 Å². The highest BCUT2D eigenvalue weighted by Crippen LogP contribution is 2.51. The molecule has 5 fully saturated rings. The molecule has 0 bridgehead atoms. The van der Waals surface area contributed by atoms with E-state index in [0.29, 0.717) is 14.9 Å². The van der Waals surface area contributed by atoms with E-state index in [2.05, 4.69) is 10.5 Å². The summed E-state index contributed by atoms with van der Waals surface area (Å²) in [5, 5.41) is 14.2. The first-order valence-corrected chi connectivity index (χ1v) is 14.2. The third kappa shape index (κ3) is 4.87. The number of carbonyl (C=O) groups is 1. The fraction of sp³-hybridized carbons (Fsp3) is 0.692. The number of methoxy groups -OCH3 is 1. The lowest BCUT2D eigenvalue weighted by Gasteiger charge is -2.36. The van der Waals surface area contributed by atoms with E-state index in [9.17, 15) is 9.90 Å². The first-order valence-electron chi connectivity index (χ1n) is 13.2. The normalized spacial score (nSPS) is 33.9. The van der Waals surface area contributed by atoms with Crippen molar-refractivity contribution >= 4 is 34.7 Å². The van der Waals surface area contributed by atoms with Crippen LogP contribution in [-0.4, -0.2) is 66.6 Å². The zero-order valence-electron chi connectivity index (χ0n) is 20.8. The first-order chi connectivity index (χ1) is 17.9. The number of hydrazone groups is 1. The van der Waals surface area contributed by atoms with Gasteiger partial charge in [0.15, 0.2) is 35.5 Å². The molecular formula is C26H33IN2O8. The van der Waals surface area contributed by atoms with Crippen LogP contribution in [0.1, 0.15) is 69.8 Å².